The van der Waals surface area contributed by atoms with Crippen LogP contribution in [-0.2, 0) is 11.8 Å². The molecule has 3 nitrogen and oxygen atoms in total. The molecule has 1 fully saturated rings. The smallest absolute Gasteiger partial charge is 0.133 e. The van der Waals surface area contributed by atoms with Crippen molar-refractivity contribution in [2.45, 2.75) is 23.1 Å². The summed E-state index contributed by atoms with van der Waals surface area (Å²) in [6.07, 6.45) is 0.739. The third-order valence-electron chi connectivity index (χ3n) is 5.89. The molecule has 0 radical (unpaired) electrons. The van der Waals surface area contributed by atoms with E-state index in [2.05, 4.69) is 12.1 Å². The topological polar surface area (TPSA) is 44.5 Å². The Morgan fingerprint density at radius 1 is 0.833 bits per heavy atom. The maximum Gasteiger partial charge on any atom is 0.133 e. The molecule has 2 N–H and O–H groups in total. The Morgan fingerprint density at radius 3 is 2.03 bits per heavy atom. The Bertz CT molecular complexity index is 974. The van der Waals surface area contributed by atoms with Crippen LogP contribution in [0.15, 0.2) is 78.9 Å². The Kier molecular flexibility index (Phi) is 5.97. The summed E-state index contributed by atoms with van der Waals surface area (Å²) >= 11 is 13.6. The van der Waals surface area contributed by atoms with E-state index in [-0.39, 0.29) is 5.92 Å². The summed E-state index contributed by atoms with van der Waals surface area (Å²) in [7, 11) is 0. The lowest BCUT2D eigenvalue weighted by molar-refractivity contribution is 0.340. The Hall–Kier alpha value is -2.20. The molecular formula is C25H25Cl2NO2. The van der Waals surface area contributed by atoms with Crippen molar-refractivity contribution in [1.29, 1.82) is 0 Å². The van der Waals surface area contributed by atoms with Gasteiger partial charge in [0.15, 0.2) is 0 Å². The fourth-order valence-corrected chi connectivity index (χ4v) is 5.25. The van der Waals surface area contributed by atoms with E-state index in [4.69, 9.17) is 38.4 Å². The van der Waals surface area contributed by atoms with Gasteiger partial charge in [0.2, 0.25) is 0 Å². The van der Waals surface area contributed by atoms with Crippen molar-refractivity contribution < 1.29 is 9.47 Å². The van der Waals surface area contributed by atoms with Crippen molar-refractivity contribution in [1.82, 2.24) is 0 Å². The van der Waals surface area contributed by atoms with Crippen molar-refractivity contribution in [3.05, 3.63) is 90.0 Å². The summed E-state index contributed by atoms with van der Waals surface area (Å²) in [5.74, 6) is 2.46. The molecule has 156 valence electrons. The zero-order chi connectivity index (χ0) is 21.2. The summed E-state index contributed by atoms with van der Waals surface area (Å²) in [6.45, 7) is 2.97. The van der Waals surface area contributed by atoms with Gasteiger partial charge in [-0.3, -0.25) is 0 Å². The highest BCUT2D eigenvalue weighted by atomic mass is 35.5. The zero-order valence-electron chi connectivity index (χ0n) is 16.9. The molecule has 2 atom stereocenters. The first-order valence-corrected chi connectivity index (χ1v) is 10.9. The third kappa shape index (κ3) is 3.78. The Balaban J connectivity index is 1.49. The Labute approximate surface area is 187 Å². The van der Waals surface area contributed by atoms with Crippen molar-refractivity contribution in [3.63, 3.8) is 0 Å². The van der Waals surface area contributed by atoms with Gasteiger partial charge in [-0.25, -0.2) is 0 Å². The molecule has 0 aromatic heterocycles. The third-order valence-corrected chi connectivity index (χ3v) is 7.09. The highest BCUT2D eigenvalue weighted by Gasteiger charge is 2.75. The second-order valence-corrected chi connectivity index (χ2v) is 8.96. The lowest BCUT2D eigenvalue weighted by Gasteiger charge is -2.17. The van der Waals surface area contributed by atoms with Gasteiger partial charge in [-0.1, -0.05) is 42.5 Å². The minimum atomic E-state index is -0.909. The summed E-state index contributed by atoms with van der Waals surface area (Å²) in [5.41, 5.74) is 7.93. The molecule has 0 heterocycles. The molecular weight excluding hydrogens is 417 g/mol. The molecule has 0 aliphatic heterocycles. The quantitative estimate of drug-likeness (QED) is 0.428. The number of para-hydroxylation sites is 1. The first kappa shape index (κ1) is 21.0. The van der Waals surface area contributed by atoms with Gasteiger partial charge >= 0.3 is 0 Å². The highest BCUT2D eigenvalue weighted by molar-refractivity contribution is 6.52. The van der Waals surface area contributed by atoms with Gasteiger partial charge in [-0.2, -0.15) is 0 Å². The average Bonchev–Trinajstić information content (AvgIpc) is 3.25. The molecule has 3 aromatic carbocycles. The number of halogens is 2. The van der Waals surface area contributed by atoms with Crippen LogP contribution in [0.3, 0.4) is 0 Å². The maximum absolute atomic E-state index is 6.78. The van der Waals surface area contributed by atoms with E-state index in [1.165, 1.54) is 0 Å². The molecule has 1 aliphatic carbocycles. The van der Waals surface area contributed by atoms with Crippen molar-refractivity contribution in [2.24, 2.45) is 11.7 Å². The van der Waals surface area contributed by atoms with Gasteiger partial charge in [0.05, 0.1) is 6.61 Å². The molecule has 30 heavy (non-hydrogen) atoms. The number of nitrogens with two attached hydrogens (primary N) is 1. The number of rotatable bonds is 8. The van der Waals surface area contributed by atoms with E-state index in [9.17, 15) is 0 Å². The summed E-state index contributed by atoms with van der Waals surface area (Å²) < 4.78 is 10.5. The normalized spacial score (nSPS) is 21.8. The molecule has 0 saturated heterocycles. The standard InChI is InChI=1S/C25H25Cl2NO2/c1-2-29-20-14-10-19(11-15-20)24(17-28)23(25(24,26)27)16-18-8-12-22(13-9-18)30-21-6-4-3-5-7-21/h3-15,23H,2,16-17,28H2,1H3. The van der Waals surface area contributed by atoms with Crippen LogP contribution in [0.4, 0.5) is 0 Å². The lowest BCUT2D eigenvalue weighted by Crippen LogP contribution is -2.26. The van der Waals surface area contributed by atoms with Crippen LogP contribution in [0.1, 0.15) is 18.1 Å². The first-order chi connectivity index (χ1) is 14.5. The predicted molar refractivity (Wildman–Crippen MR) is 123 cm³/mol. The van der Waals surface area contributed by atoms with Crippen LogP contribution >= 0.6 is 23.2 Å². The van der Waals surface area contributed by atoms with Gasteiger partial charge in [-0.15, -0.1) is 23.2 Å². The SMILES string of the molecule is CCOc1ccc(C2(CN)C(Cc3ccc(Oc4ccccc4)cc3)C2(Cl)Cl)cc1. The summed E-state index contributed by atoms with van der Waals surface area (Å²) in [5, 5.41) is 0. The van der Waals surface area contributed by atoms with Gasteiger partial charge in [0.1, 0.15) is 21.6 Å². The molecule has 2 unspecified atom stereocenters. The van der Waals surface area contributed by atoms with Crippen LogP contribution in [0.2, 0.25) is 0 Å². The highest BCUT2D eigenvalue weighted by Crippen LogP contribution is 2.70. The number of alkyl halides is 2. The monoisotopic (exact) mass is 441 g/mol. The van der Waals surface area contributed by atoms with E-state index < -0.39 is 9.75 Å². The van der Waals surface area contributed by atoms with E-state index in [1.54, 1.807) is 0 Å². The predicted octanol–water partition coefficient (Wildman–Crippen LogP) is 6.12. The van der Waals surface area contributed by atoms with Crippen molar-refractivity contribution in [3.8, 4) is 17.2 Å². The minimum Gasteiger partial charge on any atom is -0.494 e. The van der Waals surface area contributed by atoms with Gasteiger partial charge in [0.25, 0.3) is 0 Å². The van der Waals surface area contributed by atoms with Gasteiger partial charge in [0, 0.05) is 17.9 Å². The fraction of sp³-hybridized carbons (Fsp3) is 0.280. The minimum absolute atomic E-state index is 0.0252. The molecule has 1 aliphatic rings. The molecule has 3 aromatic rings. The van der Waals surface area contributed by atoms with Crippen molar-refractivity contribution in [2.75, 3.05) is 13.2 Å². The largest absolute Gasteiger partial charge is 0.494 e. The molecule has 0 bridgehead atoms. The van der Waals surface area contributed by atoms with Gasteiger partial charge < -0.3 is 15.2 Å². The molecule has 0 spiro atoms. The lowest BCUT2D eigenvalue weighted by atomic mass is 9.91. The fourth-order valence-electron chi connectivity index (χ4n) is 4.19. The average molecular weight is 442 g/mol. The maximum atomic E-state index is 6.78. The summed E-state index contributed by atoms with van der Waals surface area (Å²) in [4.78, 5) is 0. The summed E-state index contributed by atoms with van der Waals surface area (Å²) in [6, 6.07) is 25.7. The second kappa shape index (κ2) is 8.50. The first-order valence-electron chi connectivity index (χ1n) is 10.1. The van der Waals surface area contributed by atoms with Gasteiger partial charge in [-0.05, 0) is 60.9 Å². The van der Waals surface area contributed by atoms with E-state index in [0.29, 0.717) is 13.2 Å². The second-order valence-electron chi connectivity index (χ2n) is 7.57. The number of hydrogen-bond donors (Lipinski definition) is 1. The van der Waals surface area contributed by atoms with Crippen LogP contribution in [-0.4, -0.2) is 17.5 Å². The van der Waals surface area contributed by atoms with E-state index >= 15 is 0 Å². The van der Waals surface area contributed by atoms with E-state index in [1.807, 2.05) is 73.7 Å². The number of benzene rings is 3. The van der Waals surface area contributed by atoms with Crippen LogP contribution in [0.25, 0.3) is 0 Å². The van der Waals surface area contributed by atoms with Crippen LogP contribution < -0.4 is 15.2 Å². The zero-order valence-corrected chi connectivity index (χ0v) is 18.4. The van der Waals surface area contributed by atoms with E-state index in [0.717, 1.165) is 34.8 Å². The molecule has 0 amide bonds. The molecule has 5 heteroatoms. The number of ether oxygens (including phenoxy) is 2. The molecule has 1 saturated carbocycles. The molecule has 4 rings (SSSR count). The number of hydrogen-bond acceptors (Lipinski definition) is 3. The van der Waals surface area contributed by atoms with Crippen LogP contribution in [0.5, 0.6) is 17.2 Å². The Morgan fingerprint density at radius 2 is 1.43 bits per heavy atom. The van der Waals surface area contributed by atoms with Crippen molar-refractivity contribution >= 4 is 23.2 Å². The van der Waals surface area contributed by atoms with Crippen LogP contribution in [0, 0.1) is 5.92 Å².